The summed E-state index contributed by atoms with van der Waals surface area (Å²) in [7, 11) is -3.58. The molecular weight excluding hydrogens is 358 g/mol. The lowest BCUT2D eigenvalue weighted by molar-refractivity contribution is -0.137. The van der Waals surface area contributed by atoms with E-state index in [2.05, 4.69) is 20.7 Å². The van der Waals surface area contributed by atoms with Gasteiger partial charge in [-0.25, -0.2) is 8.42 Å². The Morgan fingerprint density at radius 1 is 1.47 bits per heavy atom. The fourth-order valence-corrected chi connectivity index (χ4v) is 3.34. The summed E-state index contributed by atoms with van der Waals surface area (Å²) in [6, 6.07) is 3.22. The number of halogens is 2. The van der Waals surface area contributed by atoms with Crippen LogP contribution in [0.3, 0.4) is 0 Å². The SMILES string of the molecule is Cc1cc(Br)c(NS(=O)(=O)CCCC(=O)O)cc1Cl. The van der Waals surface area contributed by atoms with Crippen LogP contribution in [-0.4, -0.2) is 25.2 Å². The van der Waals surface area contributed by atoms with Crippen molar-refractivity contribution >= 4 is 49.2 Å². The summed E-state index contributed by atoms with van der Waals surface area (Å²) in [6.07, 6.45) is -0.126. The molecule has 0 aliphatic heterocycles. The number of carboxylic acids is 1. The third-order valence-corrected chi connectivity index (χ3v) is 4.74. The van der Waals surface area contributed by atoms with E-state index in [1.807, 2.05) is 0 Å². The van der Waals surface area contributed by atoms with Gasteiger partial charge in [0.25, 0.3) is 0 Å². The van der Waals surface area contributed by atoms with Crippen molar-refractivity contribution in [3.63, 3.8) is 0 Å². The largest absolute Gasteiger partial charge is 0.481 e. The molecule has 0 saturated heterocycles. The molecule has 1 aromatic carbocycles. The molecule has 5 nitrogen and oxygen atoms in total. The molecule has 0 heterocycles. The fraction of sp³-hybridized carbons (Fsp3) is 0.364. The standard InChI is InChI=1S/C11H13BrClNO4S/c1-7-5-8(12)10(6-9(7)13)14-19(17,18)4-2-3-11(15)16/h5-6,14H,2-4H2,1H3,(H,15,16). The zero-order chi connectivity index (χ0) is 14.6. The first-order chi connectivity index (χ1) is 8.71. The summed E-state index contributed by atoms with van der Waals surface area (Å²) in [6.45, 7) is 1.80. The molecule has 0 aliphatic carbocycles. The zero-order valence-corrected chi connectivity index (χ0v) is 13.3. The molecular formula is C11H13BrClNO4S. The maximum atomic E-state index is 11.8. The summed E-state index contributed by atoms with van der Waals surface area (Å²) in [5.41, 5.74) is 1.16. The smallest absolute Gasteiger partial charge is 0.303 e. The Morgan fingerprint density at radius 2 is 2.11 bits per heavy atom. The summed E-state index contributed by atoms with van der Waals surface area (Å²) < 4.78 is 26.5. The first kappa shape index (κ1) is 16.3. The summed E-state index contributed by atoms with van der Waals surface area (Å²) in [5.74, 6) is -1.27. The first-order valence-corrected chi connectivity index (χ1v) is 8.21. The molecule has 19 heavy (non-hydrogen) atoms. The zero-order valence-electron chi connectivity index (χ0n) is 10.1. The topological polar surface area (TPSA) is 83.5 Å². The maximum Gasteiger partial charge on any atom is 0.303 e. The highest BCUT2D eigenvalue weighted by atomic mass is 79.9. The lowest BCUT2D eigenvalue weighted by Crippen LogP contribution is -2.17. The van der Waals surface area contributed by atoms with E-state index in [0.717, 1.165) is 5.56 Å². The summed E-state index contributed by atoms with van der Waals surface area (Å²) in [4.78, 5) is 10.3. The molecule has 1 rings (SSSR count). The van der Waals surface area contributed by atoms with Crippen LogP contribution in [0.1, 0.15) is 18.4 Å². The Morgan fingerprint density at radius 3 is 2.68 bits per heavy atom. The fourth-order valence-electron chi connectivity index (χ4n) is 1.36. The number of rotatable bonds is 6. The number of aliphatic carboxylic acids is 1. The second-order valence-corrected chi connectivity index (χ2v) is 7.10. The van der Waals surface area contributed by atoms with Crippen molar-refractivity contribution in [3.8, 4) is 0 Å². The van der Waals surface area contributed by atoms with Crippen molar-refractivity contribution in [2.45, 2.75) is 19.8 Å². The molecule has 0 aromatic heterocycles. The van der Waals surface area contributed by atoms with Crippen LogP contribution in [0.15, 0.2) is 16.6 Å². The Labute approximate surface area is 125 Å². The highest BCUT2D eigenvalue weighted by Gasteiger charge is 2.14. The number of hydrogen-bond acceptors (Lipinski definition) is 3. The number of nitrogens with one attached hydrogen (secondary N) is 1. The number of carbonyl (C=O) groups is 1. The third kappa shape index (κ3) is 5.38. The minimum absolute atomic E-state index is 0.0574. The average Bonchev–Trinajstić information content (AvgIpc) is 2.24. The second kappa shape index (κ2) is 6.58. The molecule has 0 aliphatic rings. The predicted molar refractivity (Wildman–Crippen MR) is 78.2 cm³/mol. The lowest BCUT2D eigenvalue weighted by Gasteiger charge is -2.11. The van der Waals surface area contributed by atoms with Gasteiger partial charge in [0, 0.05) is 15.9 Å². The molecule has 0 saturated carbocycles. The van der Waals surface area contributed by atoms with Crippen LogP contribution in [0.5, 0.6) is 0 Å². The van der Waals surface area contributed by atoms with E-state index in [-0.39, 0.29) is 18.6 Å². The van der Waals surface area contributed by atoms with Gasteiger partial charge in [-0.3, -0.25) is 9.52 Å². The van der Waals surface area contributed by atoms with Crippen molar-refractivity contribution in [1.82, 2.24) is 0 Å². The van der Waals surface area contributed by atoms with Crippen molar-refractivity contribution in [2.24, 2.45) is 0 Å². The van der Waals surface area contributed by atoms with E-state index in [9.17, 15) is 13.2 Å². The summed E-state index contributed by atoms with van der Waals surface area (Å²) >= 11 is 9.17. The highest BCUT2D eigenvalue weighted by Crippen LogP contribution is 2.29. The minimum Gasteiger partial charge on any atom is -0.481 e. The Kier molecular flexibility index (Phi) is 5.64. The lowest BCUT2D eigenvalue weighted by atomic mass is 10.2. The van der Waals surface area contributed by atoms with Gasteiger partial charge in [0.1, 0.15) is 0 Å². The van der Waals surface area contributed by atoms with E-state index in [4.69, 9.17) is 16.7 Å². The van der Waals surface area contributed by atoms with Crippen LogP contribution in [0, 0.1) is 6.92 Å². The minimum atomic E-state index is -3.58. The molecule has 8 heteroatoms. The Bertz CT molecular complexity index is 589. The molecule has 0 fully saturated rings. The van der Waals surface area contributed by atoms with Crippen molar-refractivity contribution < 1.29 is 18.3 Å². The number of benzene rings is 1. The van der Waals surface area contributed by atoms with E-state index < -0.39 is 16.0 Å². The normalized spacial score (nSPS) is 11.3. The Hall–Kier alpha value is -0.790. The van der Waals surface area contributed by atoms with Crippen LogP contribution in [0.25, 0.3) is 0 Å². The second-order valence-electron chi connectivity index (χ2n) is 4.00. The number of sulfonamides is 1. The molecule has 106 valence electrons. The van der Waals surface area contributed by atoms with Crippen molar-refractivity contribution in [1.29, 1.82) is 0 Å². The molecule has 0 bridgehead atoms. The molecule has 0 radical (unpaired) electrons. The third-order valence-electron chi connectivity index (χ3n) is 2.32. The van der Waals surface area contributed by atoms with Gasteiger partial charge in [0.15, 0.2) is 0 Å². The Balaban J connectivity index is 2.78. The average molecular weight is 371 g/mol. The van der Waals surface area contributed by atoms with Crippen molar-refractivity contribution in [2.75, 3.05) is 10.5 Å². The van der Waals surface area contributed by atoms with E-state index >= 15 is 0 Å². The van der Waals surface area contributed by atoms with E-state index in [1.54, 1.807) is 13.0 Å². The molecule has 2 N–H and O–H groups in total. The van der Waals surface area contributed by atoms with Crippen LogP contribution in [0.4, 0.5) is 5.69 Å². The van der Waals surface area contributed by atoms with Gasteiger partial charge >= 0.3 is 5.97 Å². The van der Waals surface area contributed by atoms with Crippen LogP contribution in [-0.2, 0) is 14.8 Å². The molecule has 0 unspecified atom stereocenters. The van der Waals surface area contributed by atoms with Gasteiger partial charge < -0.3 is 5.11 Å². The van der Waals surface area contributed by atoms with Gasteiger partial charge in [-0.15, -0.1) is 0 Å². The van der Waals surface area contributed by atoms with Gasteiger partial charge in [-0.05, 0) is 47.0 Å². The predicted octanol–water partition coefficient (Wildman–Crippen LogP) is 3.02. The molecule has 1 aromatic rings. The first-order valence-electron chi connectivity index (χ1n) is 5.39. The molecule has 0 spiro atoms. The number of aryl methyl sites for hydroxylation is 1. The van der Waals surface area contributed by atoms with Gasteiger partial charge in [-0.1, -0.05) is 11.6 Å². The number of hydrogen-bond donors (Lipinski definition) is 2. The van der Waals surface area contributed by atoms with Crippen LogP contribution >= 0.6 is 27.5 Å². The van der Waals surface area contributed by atoms with Crippen LogP contribution < -0.4 is 4.72 Å². The van der Waals surface area contributed by atoms with Gasteiger partial charge in [0.05, 0.1) is 11.4 Å². The molecule has 0 amide bonds. The quantitative estimate of drug-likeness (QED) is 0.806. The van der Waals surface area contributed by atoms with E-state index in [0.29, 0.717) is 15.2 Å². The summed E-state index contributed by atoms with van der Waals surface area (Å²) in [5, 5.41) is 8.92. The molecule has 0 atom stereocenters. The highest BCUT2D eigenvalue weighted by molar-refractivity contribution is 9.10. The van der Waals surface area contributed by atoms with Gasteiger partial charge in [-0.2, -0.15) is 0 Å². The van der Waals surface area contributed by atoms with Crippen molar-refractivity contribution in [3.05, 3.63) is 27.2 Å². The van der Waals surface area contributed by atoms with E-state index in [1.165, 1.54) is 6.07 Å². The maximum absolute atomic E-state index is 11.8. The monoisotopic (exact) mass is 369 g/mol. The van der Waals surface area contributed by atoms with Crippen LogP contribution in [0.2, 0.25) is 5.02 Å². The number of carboxylic acid groups (broad SMARTS) is 1. The van der Waals surface area contributed by atoms with Gasteiger partial charge in [0.2, 0.25) is 10.0 Å². The number of anilines is 1.